The number of para-hydroxylation sites is 1. The van der Waals surface area contributed by atoms with Crippen LogP contribution < -0.4 is 15.6 Å². The Hall–Kier alpha value is -5.00. The van der Waals surface area contributed by atoms with Crippen LogP contribution in [0.5, 0.6) is 0 Å². The number of benzene rings is 4. The van der Waals surface area contributed by atoms with Crippen LogP contribution >= 0.6 is 11.6 Å². The van der Waals surface area contributed by atoms with Gasteiger partial charge in [-0.1, -0.05) is 53.6 Å². The lowest BCUT2D eigenvalue weighted by Crippen LogP contribution is -2.23. The number of nitrogens with one attached hydrogen (secondary N) is 2. The summed E-state index contributed by atoms with van der Waals surface area (Å²) in [4.78, 5) is 26.3. The predicted octanol–water partition coefficient (Wildman–Crippen LogP) is 7.22. The number of carbonyl (C=O) groups is 1. The van der Waals surface area contributed by atoms with Crippen molar-refractivity contribution < 1.29 is 13.2 Å². The first-order valence-corrected chi connectivity index (χ1v) is 15.4. The van der Waals surface area contributed by atoms with Crippen molar-refractivity contribution in [3.05, 3.63) is 129 Å². The molecule has 0 saturated heterocycles. The summed E-state index contributed by atoms with van der Waals surface area (Å²) in [5.74, 6) is -0.587. The van der Waals surface area contributed by atoms with E-state index in [9.17, 15) is 18.0 Å². The number of hydrogen-bond acceptors (Lipinski definition) is 6. The van der Waals surface area contributed by atoms with Gasteiger partial charge in [-0.25, -0.2) is 13.1 Å². The van der Waals surface area contributed by atoms with Crippen molar-refractivity contribution in [1.29, 1.82) is 0 Å². The van der Waals surface area contributed by atoms with Gasteiger partial charge in [0.1, 0.15) is 16.3 Å². The highest BCUT2D eigenvalue weighted by molar-refractivity contribution is 7.92. The number of azo groups is 1. The minimum absolute atomic E-state index is 0.0308. The van der Waals surface area contributed by atoms with E-state index in [1.807, 2.05) is 50.2 Å². The first kappa shape index (κ1) is 30.5. The Labute approximate surface area is 259 Å². The molecular formula is C32H29ClN6O4S. The molecule has 5 aromatic rings. The van der Waals surface area contributed by atoms with E-state index in [2.05, 4.69) is 20.3 Å². The number of nitrogens with zero attached hydrogens (tertiary/aromatic N) is 4. The number of amides is 1. The van der Waals surface area contributed by atoms with Crippen LogP contribution in [0.25, 0.3) is 5.69 Å². The Morgan fingerprint density at radius 2 is 1.52 bits per heavy atom. The Bertz CT molecular complexity index is 2070. The highest BCUT2D eigenvalue weighted by atomic mass is 35.5. The molecule has 1 aromatic heterocycles. The Morgan fingerprint density at radius 3 is 2.23 bits per heavy atom. The van der Waals surface area contributed by atoms with Crippen molar-refractivity contribution in [3.63, 3.8) is 0 Å². The van der Waals surface area contributed by atoms with E-state index in [-0.39, 0.29) is 21.2 Å². The number of anilines is 2. The molecule has 2 N–H and O–H groups in total. The number of halogens is 1. The summed E-state index contributed by atoms with van der Waals surface area (Å²) >= 11 is 6.31. The van der Waals surface area contributed by atoms with Crippen molar-refractivity contribution in [2.24, 2.45) is 17.3 Å². The maximum Gasteiger partial charge on any atom is 0.296 e. The molecule has 1 heterocycles. The summed E-state index contributed by atoms with van der Waals surface area (Å²) in [6.07, 6.45) is 0. The largest absolute Gasteiger partial charge is 0.320 e. The van der Waals surface area contributed by atoms with Crippen LogP contribution in [0.4, 0.5) is 22.7 Å². The molecule has 10 nitrogen and oxygen atoms in total. The molecule has 0 aliphatic heterocycles. The van der Waals surface area contributed by atoms with Crippen molar-refractivity contribution in [2.75, 3.05) is 10.0 Å². The molecular weight excluding hydrogens is 600 g/mol. The third kappa shape index (κ3) is 6.34. The number of sulfonamides is 1. The zero-order valence-electron chi connectivity index (χ0n) is 24.4. The van der Waals surface area contributed by atoms with Crippen LogP contribution in [0.3, 0.4) is 0 Å². The fourth-order valence-corrected chi connectivity index (χ4v) is 6.12. The maximum atomic E-state index is 13.5. The van der Waals surface area contributed by atoms with Gasteiger partial charge < -0.3 is 5.32 Å². The van der Waals surface area contributed by atoms with Gasteiger partial charge >= 0.3 is 0 Å². The first-order valence-electron chi connectivity index (χ1n) is 13.5. The van der Waals surface area contributed by atoms with E-state index in [1.54, 1.807) is 55.1 Å². The maximum absolute atomic E-state index is 13.5. The molecule has 0 atom stereocenters. The lowest BCUT2D eigenvalue weighted by molar-refractivity contribution is 0.102. The van der Waals surface area contributed by atoms with Gasteiger partial charge in [-0.3, -0.25) is 19.0 Å². The van der Waals surface area contributed by atoms with E-state index < -0.39 is 21.5 Å². The van der Waals surface area contributed by atoms with Gasteiger partial charge in [0.15, 0.2) is 0 Å². The minimum atomic E-state index is -4.38. The molecule has 0 saturated carbocycles. The standard InChI is InChI=1S/C32H29ClN6O4S/c1-20-10-14-24(15-11-20)35-36-28-18-21(2)12-17-27(28)34-31(40)23-13-16-26(33)29(19-23)44(42,43)37-30-22(3)38(4)39(32(30)41)25-8-6-5-7-9-25/h5-19,37H,1-4H3,(H,34,40). The normalized spacial score (nSPS) is 11.6. The average Bonchev–Trinajstić information content (AvgIpc) is 3.20. The summed E-state index contributed by atoms with van der Waals surface area (Å²) in [7, 11) is -2.73. The topological polar surface area (TPSA) is 127 Å². The number of aryl methyl sites for hydroxylation is 2. The molecule has 12 heteroatoms. The first-order chi connectivity index (χ1) is 20.9. The zero-order chi connectivity index (χ0) is 31.6. The summed E-state index contributed by atoms with van der Waals surface area (Å²) in [6, 6.07) is 25.5. The van der Waals surface area contributed by atoms with Gasteiger partial charge in [-0.2, -0.15) is 5.11 Å². The van der Waals surface area contributed by atoms with Crippen LogP contribution in [0, 0.1) is 20.8 Å². The van der Waals surface area contributed by atoms with Crippen LogP contribution in [0.15, 0.2) is 111 Å². The molecule has 224 valence electrons. The summed E-state index contributed by atoms with van der Waals surface area (Å²) in [5, 5.41) is 11.3. The van der Waals surface area contributed by atoms with Gasteiger partial charge in [-0.15, -0.1) is 5.11 Å². The summed E-state index contributed by atoms with van der Waals surface area (Å²) in [5.41, 5.74) is 3.76. The van der Waals surface area contributed by atoms with Crippen LogP contribution in [0.1, 0.15) is 27.2 Å². The van der Waals surface area contributed by atoms with Crippen LogP contribution in [-0.4, -0.2) is 23.7 Å². The smallest absolute Gasteiger partial charge is 0.296 e. The van der Waals surface area contributed by atoms with Gasteiger partial charge in [0, 0.05) is 12.6 Å². The Balaban J connectivity index is 1.43. The van der Waals surface area contributed by atoms with Crippen molar-refractivity contribution >= 4 is 50.3 Å². The predicted molar refractivity (Wildman–Crippen MR) is 172 cm³/mol. The van der Waals surface area contributed by atoms with Gasteiger partial charge in [0.25, 0.3) is 21.5 Å². The van der Waals surface area contributed by atoms with Gasteiger partial charge in [-0.05, 0) is 80.9 Å². The molecule has 0 aliphatic rings. The number of rotatable bonds is 8. The number of carbonyl (C=O) groups excluding carboxylic acids is 1. The minimum Gasteiger partial charge on any atom is -0.320 e. The highest BCUT2D eigenvalue weighted by Crippen LogP contribution is 2.30. The van der Waals surface area contributed by atoms with E-state index in [4.69, 9.17) is 11.6 Å². The zero-order valence-corrected chi connectivity index (χ0v) is 25.9. The Morgan fingerprint density at radius 1 is 0.841 bits per heavy atom. The second kappa shape index (κ2) is 12.3. The molecule has 0 spiro atoms. The average molecular weight is 629 g/mol. The summed E-state index contributed by atoms with van der Waals surface area (Å²) < 4.78 is 32.4. The second-order valence-corrected chi connectivity index (χ2v) is 12.3. The van der Waals surface area contributed by atoms with Gasteiger partial charge in [0.05, 0.1) is 27.8 Å². The quantitative estimate of drug-likeness (QED) is 0.176. The molecule has 0 aliphatic carbocycles. The monoisotopic (exact) mass is 628 g/mol. The lowest BCUT2D eigenvalue weighted by Gasteiger charge is -2.12. The molecule has 4 aromatic carbocycles. The lowest BCUT2D eigenvalue weighted by atomic mass is 10.1. The van der Waals surface area contributed by atoms with Gasteiger partial charge in [0.2, 0.25) is 0 Å². The van der Waals surface area contributed by atoms with Crippen LogP contribution in [0.2, 0.25) is 5.02 Å². The fraction of sp³-hybridized carbons (Fsp3) is 0.125. The highest BCUT2D eigenvalue weighted by Gasteiger charge is 2.25. The van der Waals surface area contributed by atoms with Crippen molar-refractivity contribution in [2.45, 2.75) is 25.7 Å². The molecule has 5 rings (SSSR count). The molecule has 44 heavy (non-hydrogen) atoms. The second-order valence-electron chi connectivity index (χ2n) is 10.2. The molecule has 1 amide bonds. The fourth-order valence-electron chi connectivity index (χ4n) is 4.47. The van der Waals surface area contributed by atoms with Crippen LogP contribution in [-0.2, 0) is 17.1 Å². The number of aromatic nitrogens is 2. The third-order valence-electron chi connectivity index (χ3n) is 6.98. The molecule has 0 fully saturated rings. The van der Waals surface area contributed by atoms with E-state index in [0.717, 1.165) is 17.2 Å². The van der Waals surface area contributed by atoms with E-state index >= 15 is 0 Å². The summed E-state index contributed by atoms with van der Waals surface area (Å²) in [6.45, 7) is 5.49. The molecule has 0 radical (unpaired) electrons. The Kier molecular flexibility index (Phi) is 8.52. The molecule has 0 unspecified atom stereocenters. The molecule has 0 bridgehead atoms. The van der Waals surface area contributed by atoms with E-state index in [0.29, 0.717) is 28.4 Å². The van der Waals surface area contributed by atoms with E-state index in [1.165, 1.54) is 16.8 Å². The van der Waals surface area contributed by atoms with Crippen molar-refractivity contribution in [1.82, 2.24) is 9.36 Å². The third-order valence-corrected chi connectivity index (χ3v) is 8.81. The number of hydrogen-bond donors (Lipinski definition) is 2. The van der Waals surface area contributed by atoms with Crippen molar-refractivity contribution in [3.8, 4) is 5.69 Å². The SMILES string of the molecule is Cc1ccc(N=Nc2cc(C)ccc2NC(=O)c2ccc(Cl)c(S(=O)(=O)Nc3c(C)n(C)n(-c4ccccc4)c3=O)c2)cc1.